The third-order valence-corrected chi connectivity index (χ3v) is 1.75. The smallest absolute Gasteiger partial charge is 0.151 e. The number of aldehydes is 1. The van der Waals surface area contributed by atoms with Crippen LogP contribution in [0.5, 0.6) is 0 Å². The van der Waals surface area contributed by atoms with E-state index in [2.05, 4.69) is 4.98 Å². The molecule has 2 nitrogen and oxygen atoms in total. The van der Waals surface area contributed by atoms with Gasteiger partial charge >= 0.3 is 0 Å². The van der Waals surface area contributed by atoms with Gasteiger partial charge in [-0.05, 0) is 12.1 Å². The fourth-order valence-electron chi connectivity index (χ4n) is 1.15. The minimum absolute atomic E-state index is 0. The first-order valence-electron chi connectivity index (χ1n) is 3.70. The van der Waals surface area contributed by atoms with E-state index in [0.717, 1.165) is 17.2 Å². The molecule has 0 aliphatic heterocycles. The van der Waals surface area contributed by atoms with E-state index in [1.54, 1.807) is 6.20 Å². The van der Waals surface area contributed by atoms with Crippen LogP contribution in [0.2, 0.25) is 0 Å². The Bertz CT molecular complexity index is 423. The van der Waals surface area contributed by atoms with Gasteiger partial charge in [0.1, 0.15) is 0 Å². The fraction of sp³-hybridized carbons (Fsp3) is 0.0909. The lowest BCUT2D eigenvalue weighted by Gasteiger charge is -1.95. The summed E-state index contributed by atoms with van der Waals surface area (Å²) in [5.41, 5.74) is 1.54. The molecular formula is C11H11NO. The molecule has 0 bridgehead atoms. The van der Waals surface area contributed by atoms with E-state index in [1.807, 2.05) is 30.3 Å². The van der Waals surface area contributed by atoms with Crippen LogP contribution < -0.4 is 0 Å². The van der Waals surface area contributed by atoms with Crippen LogP contribution in [0, 0.1) is 0 Å². The van der Waals surface area contributed by atoms with Crippen LogP contribution in [0.3, 0.4) is 0 Å². The summed E-state index contributed by atoms with van der Waals surface area (Å²) in [6.45, 7) is 0. The second-order valence-electron chi connectivity index (χ2n) is 2.58. The number of carbonyl (C=O) groups is 1. The highest BCUT2D eigenvalue weighted by atomic mass is 16.1. The van der Waals surface area contributed by atoms with Gasteiger partial charge in [-0.15, -0.1) is 0 Å². The number of rotatable bonds is 1. The third kappa shape index (κ3) is 1.72. The van der Waals surface area contributed by atoms with E-state index >= 15 is 0 Å². The lowest BCUT2D eigenvalue weighted by Crippen LogP contribution is -1.83. The summed E-state index contributed by atoms with van der Waals surface area (Å²) >= 11 is 0. The van der Waals surface area contributed by atoms with Gasteiger partial charge in [-0.3, -0.25) is 9.78 Å². The number of para-hydroxylation sites is 1. The molecule has 1 aromatic carbocycles. The van der Waals surface area contributed by atoms with E-state index < -0.39 is 0 Å². The lowest BCUT2D eigenvalue weighted by molar-refractivity contribution is 0.112. The number of hydrogen-bond donors (Lipinski definition) is 0. The van der Waals surface area contributed by atoms with E-state index in [4.69, 9.17) is 0 Å². The normalized spacial score (nSPS) is 9.23. The van der Waals surface area contributed by atoms with Crippen LogP contribution in [0.25, 0.3) is 10.9 Å². The summed E-state index contributed by atoms with van der Waals surface area (Å²) in [6, 6.07) is 9.54. The molecular weight excluding hydrogens is 162 g/mol. The van der Waals surface area contributed by atoms with Crippen LogP contribution in [0.15, 0.2) is 36.5 Å². The van der Waals surface area contributed by atoms with E-state index in [-0.39, 0.29) is 7.43 Å². The van der Waals surface area contributed by atoms with Crippen LogP contribution in [0.4, 0.5) is 0 Å². The molecule has 0 spiro atoms. The monoisotopic (exact) mass is 173 g/mol. The molecule has 0 saturated carbocycles. The number of fused-ring (bicyclic) bond motifs is 1. The Kier molecular flexibility index (Phi) is 2.75. The minimum atomic E-state index is 0. The van der Waals surface area contributed by atoms with Gasteiger partial charge in [0.2, 0.25) is 0 Å². The van der Waals surface area contributed by atoms with Crippen molar-refractivity contribution in [2.45, 2.75) is 7.43 Å². The molecule has 0 aliphatic rings. The Hall–Kier alpha value is -1.70. The van der Waals surface area contributed by atoms with Gasteiger partial charge in [-0.25, -0.2) is 0 Å². The van der Waals surface area contributed by atoms with E-state index in [1.165, 1.54) is 0 Å². The first-order valence-corrected chi connectivity index (χ1v) is 3.70. The molecule has 66 valence electrons. The molecule has 2 aromatic rings. The summed E-state index contributed by atoms with van der Waals surface area (Å²) in [4.78, 5) is 14.5. The average Bonchev–Trinajstić information content (AvgIpc) is 2.17. The van der Waals surface area contributed by atoms with Crippen molar-refractivity contribution in [2.75, 3.05) is 0 Å². The molecule has 0 aliphatic carbocycles. The second kappa shape index (κ2) is 3.81. The zero-order chi connectivity index (χ0) is 8.39. The van der Waals surface area contributed by atoms with Crippen molar-refractivity contribution in [1.29, 1.82) is 0 Å². The fourth-order valence-corrected chi connectivity index (χ4v) is 1.15. The highest BCUT2D eigenvalue weighted by Gasteiger charge is 1.94. The van der Waals surface area contributed by atoms with Crippen LogP contribution in [-0.2, 0) is 0 Å². The summed E-state index contributed by atoms with van der Waals surface area (Å²) in [5, 5.41) is 1.00. The van der Waals surface area contributed by atoms with Crippen molar-refractivity contribution >= 4 is 17.2 Å². The number of carbonyl (C=O) groups excluding carboxylic acids is 1. The van der Waals surface area contributed by atoms with Crippen molar-refractivity contribution in [3.05, 3.63) is 42.1 Å². The summed E-state index contributed by atoms with van der Waals surface area (Å²) in [5.74, 6) is 0. The molecule has 2 heteroatoms. The Morgan fingerprint density at radius 3 is 2.77 bits per heavy atom. The average molecular weight is 173 g/mol. The number of nitrogens with zero attached hydrogens (tertiary/aromatic N) is 1. The predicted molar refractivity (Wildman–Crippen MR) is 53.9 cm³/mol. The molecule has 0 unspecified atom stereocenters. The zero-order valence-electron chi connectivity index (χ0n) is 6.40. The van der Waals surface area contributed by atoms with Crippen molar-refractivity contribution in [3.8, 4) is 0 Å². The van der Waals surface area contributed by atoms with Gasteiger partial charge in [-0.1, -0.05) is 25.6 Å². The van der Waals surface area contributed by atoms with Gasteiger partial charge in [0.15, 0.2) is 6.29 Å². The van der Waals surface area contributed by atoms with Gasteiger partial charge < -0.3 is 0 Å². The molecule has 0 fully saturated rings. The first-order chi connectivity index (χ1) is 5.90. The Labute approximate surface area is 77.2 Å². The SMILES string of the molecule is C.O=Cc1cnc2ccccc2c1. The number of benzene rings is 1. The van der Waals surface area contributed by atoms with E-state index in [0.29, 0.717) is 5.56 Å². The zero-order valence-corrected chi connectivity index (χ0v) is 6.40. The van der Waals surface area contributed by atoms with Gasteiger partial charge in [-0.2, -0.15) is 0 Å². The highest BCUT2D eigenvalue weighted by Crippen LogP contribution is 2.10. The number of pyridine rings is 1. The van der Waals surface area contributed by atoms with Crippen molar-refractivity contribution in [3.63, 3.8) is 0 Å². The van der Waals surface area contributed by atoms with Crippen molar-refractivity contribution in [2.24, 2.45) is 0 Å². The van der Waals surface area contributed by atoms with Crippen LogP contribution >= 0.6 is 0 Å². The Morgan fingerprint density at radius 2 is 2.00 bits per heavy atom. The number of hydrogen-bond acceptors (Lipinski definition) is 2. The summed E-state index contributed by atoms with van der Waals surface area (Å²) < 4.78 is 0. The quantitative estimate of drug-likeness (QED) is 0.620. The minimum Gasteiger partial charge on any atom is -0.298 e. The molecule has 0 radical (unpaired) electrons. The molecule has 13 heavy (non-hydrogen) atoms. The maximum absolute atomic E-state index is 10.4. The highest BCUT2D eigenvalue weighted by molar-refractivity contribution is 5.85. The molecule has 0 amide bonds. The second-order valence-corrected chi connectivity index (χ2v) is 2.58. The van der Waals surface area contributed by atoms with Crippen molar-refractivity contribution < 1.29 is 4.79 Å². The summed E-state index contributed by atoms with van der Waals surface area (Å²) in [7, 11) is 0. The molecule has 1 heterocycles. The first kappa shape index (κ1) is 9.39. The Morgan fingerprint density at radius 1 is 1.23 bits per heavy atom. The molecule has 0 atom stereocenters. The topological polar surface area (TPSA) is 30.0 Å². The van der Waals surface area contributed by atoms with Gasteiger partial charge in [0.05, 0.1) is 5.52 Å². The molecule has 0 N–H and O–H groups in total. The van der Waals surface area contributed by atoms with Gasteiger partial charge in [0.25, 0.3) is 0 Å². The molecule has 0 saturated heterocycles. The van der Waals surface area contributed by atoms with Crippen LogP contribution in [0.1, 0.15) is 17.8 Å². The maximum atomic E-state index is 10.4. The largest absolute Gasteiger partial charge is 0.298 e. The molecule has 1 aromatic heterocycles. The Balaban J connectivity index is 0.000000845. The van der Waals surface area contributed by atoms with Crippen LogP contribution in [-0.4, -0.2) is 11.3 Å². The third-order valence-electron chi connectivity index (χ3n) is 1.75. The lowest BCUT2D eigenvalue weighted by atomic mass is 10.2. The summed E-state index contributed by atoms with van der Waals surface area (Å²) in [6.07, 6.45) is 2.38. The van der Waals surface area contributed by atoms with Gasteiger partial charge in [0, 0.05) is 17.1 Å². The standard InChI is InChI=1S/C10H7NO.CH4/c12-7-8-5-9-3-1-2-4-10(9)11-6-8;/h1-7H;1H4. The maximum Gasteiger partial charge on any atom is 0.151 e. The predicted octanol–water partition coefficient (Wildman–Crippen LogP) is 2.68. The molecule has 2 rings (SSSR count). The van der Waals surface area contributed by atoms with Crippen molar-refractivity contribution in [1.82, 2.24) is 4.98 Å². The van der Waals surface area contributed by atoms with E-state index in [9.17, 15) is 4.79 Å². The number of aromatic nitrogens is 1.